The molecule has 0 saturated carbocycles. The van der Waals surface area contributed by atoms with Crippen LogP contribution in [0.4, 0.5) is 5.13 Å². The van der Waals surface area contributed by atoms with Crippen LogP contribution in [-0.4, -0.2) is 37.8 Å². The predicted molar refractivity (Wildman–Crippen MR) is 149 cm³/mol. The van der Waals surface area contributed by atoms with Gasteiger partial charge in [-0.2, -0.15) is 0 Å². The fourth-order valence-corrected chi connectivity index (χ4v) is 4.85. The quantitative estimate of drug-likeness (QED) is 0.268. The summed E-state index contributed by atoms with van der Waals surface area (Å²) in [5.74, 6) is -0.170. The molecule has 6 aromatic rings. The number of fused-ring (bicyclic) bond motifs is 2. The number of H-pyrrole nitrogens is 1. The molecule has 0 aliphatic heterocycles. The molecule has 9 heteroatoms. The highest BCUT2D eigenvalue weighted by Gasteiger charge is 2.24. The van der Waals surface area contributed by atoms with E-state index < -0.39 is 11.9 Å². The third-order valence-corrected chi connectivity index (χ3v) is 6.89. The summed E-state index contributed by atoms with van der Waals surface area (Å²) in [6, 6.07) is 24.0. The number of para-hydroxylation sites is 1. The van der Waals surface area contributed by atoms with Gasteiger partial charge in [0.2, 0.25) is 5.91 Å². The van der Waals surface area contributed by atoms with Crippen molar-refractivity contribution in [3.8, 4) is 11.5 Å². The van der Waals surface area contributed by atoms with E-state index in [1.807, 2.05) is 66.7 Å². The van der Waals surface area contributed by atoms with Crippen LogP contribution in [0.5, 0.6) is 0 Å². The van der Waals surface area contributed by atoms with E-state index in [1.165, 1.54) is 11.3 Å². The van der Waals surface area contributed by atoms with E-state index in [4.69, 9.17) is 4.98 Å². The van der Waals surface area contributed by atoms with Gasteiger partial charge in [0.25, 0.3) is 5.91 Å². The van der Waals surface area contributed by atoms with Crippen LogP contribution in [0.25, 0.3) is 33.3 Å². The summed E-state index contributed by atoms with van der Waals surface area (Å²) in [6.45, 7) is 0. The van der Waals surface area contributed by atoms with Crippen molar-refractivity contribution in [1.82, 2.24) is 25.3 Å². The molecule has 6 rings (SSSR count). The highest BCUT2D eigenvalue weighted by molar-refractivity contribution is 7.13. The average molecular weight is 519 g/mol. The normalized spacial score (nSPS) is 11.9. The van der Waals surface area contributed by atoms with Crippen LogP contribution in [0.15, 0.2) is 96.6 Å². The van der Waals surface area contributed by atoms with Crippen molar-refractivity contribution in [3.05, 3.63) is 108 Å². The van der Waals surface area contributed by atoms with Crippen LogP contribution in [0.1, 0.15) is 15.9 Å². The molecule has 3 heterocycles. The number of rotatable bonds is 7. The van der Waals surface area contributed by atoms with Gasteiger partial charge in [-0.1, -0.05) is 60.7 Å². The van der Waals surface area contributed by atoms with Gasteiger partial charge in [-0.25, -0.2) is 9.97 Å². The van der Waals surface area contributed by atoms with Crippen molar-refractivity contribution in [1.29, 1.82) is 0 Å². The van der Waals surface area contributed by atoms with Crippen LogP contribution in [0.3, 0.4) is 0 Å². The third-order valence-electron chi connectivity index (χ3n) is 6.20. The van der Waals surface area contributed by atoms with Crippen molar-refractivity contribution in [2.45, 2.75) is 12.5 Å². The van der Waals surface area contributed by atoms with Crippen LogP contribution in [0.2, 0.25) is 0 Å². The van der Waals surface area contributed by atoms with Gasteiger partial charge in [0.05, 0.1) is 11.1 Å². The Balaban J connectivity index is 1.30. The Hall–Kier alpha value is -4.89. The number of anilines is 1. The van der Waals surface area contributed by atoms with Gasteiger partial charge >= 0.3 is 0 Å². The summed E-state index contributed by atoms with van der Waals surface area (Å²) >= 11 is 1.32. The molecule has 8 nitrogen and oxygen atoms in total. The number of nitrogens with zero attached hydrogens (tertiary/aromatic N) is 3. The van der Waals surface area contributed by atoms with Crippen molar-refractivity contribution in [2.24, 2.45) is 0 Å². The number of carbonyl (C=O) groups is 2. The molecule has 3 N–H and O–H groups in total. The van der Waals surface area contributed by atoms with Gasteiger partial charge in [0, 0.05) is 29.6 Å². The van der Waals surface area contributed by atoms with Crippen molar-refractivity contribution in [2.75, 3.05) is 5.32 Å². The molecule has 186 valence electrons. The number of imidazole rings is 1. The lowest BCUT2D eigenvalue weighted by atomic mass is 10.0. The van der Waals surface area contributed by atoms with E-state index in [-0.39, 0.29) is 5.91 Å². The van der Waals surface area contributed by atoms with Gasteiger partial charge < -0.3 is 15.6 Å². The zero-order valence-corrected chi connectivity index (χ0v) is 20.9. The van der Waals surface area contributed by atoms with E-state index in [0.717, 1.165) is 16.3 Å². The lowest BCUT2D eigenvalue weighted by Gasteiger charge is -2.18. The van der Waals surface area contributed by atoms with Gasteiger partial charge in [-0.15, -0.1) is 11.3 Å². The van der Waals surface area contributed by atoms with Crippen molar-refractivity contribution in [3.63, 3.8) is 0 Å². The number of hydrogen-bond acceptors (Lipinski definition) is 6. The maximum absolute atomic E-state index is 13.5. The fraction of sp³-hybridized carbons (Fsp3) is 0.0690. The molecule has 0 bridgehead atoms. The van der Waals surface area contributed by atoms with E-state index >= 15 is 0 Å². The molecule has 0 aliphatic carbocycles. The Labute approximate surface area is 221 Å². The minimum Gasteiger partial charge on any atom is -0.340 e. The number of hydrogen-bond donors (Lipinski definition) is 3. The predicted octanol–water partition coefficient (Wildman–Crippen LogP) is 5.21. The van der Waals surface area contributed by atoms with Gasteiger partial charge in [0.15, 0.2) is 11.0 Å². The van der Waals surface area contributed by atoms with E-state index in [2.05, 4.69) is 25.6 Å². The maximum Gasteiger partial charge on any atom is 0.254 e. The lowest BCUT2D eigenvalue weighted by Crippen LogP contribution is -2.45. The Kier molecular flexibility index (Phi) is 6.33. The first-order valence-corrected chi connectivity index (χ1v) is 12.9. The third kappa shape index (κ3) is 4.87. The molecule has 3 aromatic heterocycles. The maximum atomic E-state index is 13.5. The van der Waals surface area contributed by atoms with Crippen LogP contribution < -0.4 is 10.6 Å². The number of amides is 2. The first-order valence-electron chi connectivity index (χ1n) is 12.0. The highest BCUT2D eigenvalue weighted by atomic mass is 32.1. The molecule has 0 aliphatic rings. The number of aromatic nitrogens is 4. The molecule has 0 fully saturated rings. The number of aromatic amines is 1. The first kappa shape index (κ1) is 23.5. The number of benzene rings is 3. The average Bonchev–Trinajstić information content (AvgIpc) is 3.63. The number of pyridine rings is 1. The Morgan fingerprint density at radius 1 is 0.921 bits per heavy atom. The minimum absolute atomic E-state index is 0.326. The van der Waals surface area contributed by atoms with Crippen molar-refractivity contribution < 1.29 is 9.59 Å². The zero-order chi connectivity index (χ0) is 25.9. The summed E-state index contributed by atoms with van der Waals surface area (Å²) in [5.41, 5.74) is 3.18. The second-order valence-electron chi connectivity index (χ2n) is 8.75. The molecule has 0 spiro atoms. The molecule has 0 saturated heterocycles. The van der Waals surface area contributed by atoms with E-state index in [9.17, 15) is 9.59 Å². The molecule has 1 unspecified atom stereocenters. The lowest BCUT2D eigenvalue weighted by molar-refractivity contribution is -0.118. The number of nitrogens with one attached hydrogen (secondary N) is 3. The molecule has 1 atom stereocenters. The smallest absolute Gasteiger partial charge is 0.254 e. The van der Waals surface area contributed by atoms with Crippen molar-refractivity contribution >= 4 is 50.1 Å². The summed E-state index contributed by atoms with van der Waals surface area (Å²) in [5, 5.41) is 10.1. The minimum atomic E-state index is -0.815. The summed E-state index contributed by atoms with van der Waals surface area (Å²) in [7, 11) is 0. The standard InChI is InChI=1S/C29H22N6O2S/c36-27(33-24(15-18-7-2-1-3-8-18)28(37)35-29-30-13-14-38-29)21-11-6-12-22-25(21)34-26(32-22)23-16-19-9-4-5-10-20(19)17-31-23/h1-14,16-17,24H,15H2,(H,32,34)(H,33,36)(H,30,35,37). The molecular formula is C29H22N6O2S. The fourth-order valence-electron chi connectivity index (χ4n) is 4.32. The molecule has 3 aromatic carbocycles. The molecule has 2 amide bonds. The molecule has 38 heavy (non-hydrogen) atoms. The first-order chi connectivity index (χ1) is 18.6. The Morgan fingerprint density at radius 2 is 1.74 bits per heavy atom. The van der Waals surface area contributed by atoms with Gasteiger partial charge in [-0.05, 0) is 29.1 Å². The summed E-state index contributed by atoms with van der Waals surface area (Å²) in [6.07, 6.45) is 3.75. The summed E-state index contributed by atoms with van der Waals surface area (Å²) < 4.78 is 0. The van der Waals surface area contributed by atoms with Crippen LogP contribution in [-0.2, 0) is 11.2 Å². The van der Waals surface area contributed by atoms with Crippen LogP contribution in [0, 0.1) is 0 Å². The monoisotopic (exact) mass is 518 g/mol. The van der Waals surface area contributed by atoms with E-state index in [1.54, 1.807) is 29.9 Å². The second kappa shape index (κ2) is 10.2. The highest BCUT2D eigenvalue weighted by Crippen LogP contribution is 2.24. The molecule has 0 radical (unpaired) electrons. The van der Waals surface area contributed by atoms with Gasteiger partial charge in [-0.3, -0.25) is 14.6 Å². The summed E-state index contributed by atoms with van der Waals surface area (Å²) in [4.78, 5) is 43.3. The van der Waals surface area contributed by atoms with Crippen LogP contribution >= 0.6 is 11.3 Å². The van der Waals surface area contributed by atoms with E-state index in [0.29, 0.717) is 39.7 Å². The Morgan fingerprint density at radius 3 is 2.55 bits per heavy atom. The molecular weight excluding hydrogens is 496 g/mol. The SMILES string of the molecule is O=C(NC(Cc1ccccc1)C(=O)Nc1nccs1)c1cccc2[nH]c(-c3cc4ccccc4cn3)nc12. The second-order valence-corrected chi connectivity index (χ2v) is 9.64. The number of thiazole rings is 1. The number of carbonyl (C=O) groups excluding carboxylic acids is 2. The largest absolute Gasteiger partial charge is 0.340 e. The van der Waals surface area contributed by atoms with Gasteiger partial charge in [0.1, 0.15) is 17.3 Å². The Bertz CT molecular complexity index is 1750. The topological polar surface area (TPSA) is 113 Å². The zero-order valence-electron chi connectivity index (χ0n) is 20.1.